The molecule has 3 heteroatoms. The lowest BCUT2D eigenvalue weighted by molar-refractivity contribution is -0.133. The SMILES string of the molecule is c1ccc(CN2CCC(N3CC4(CCCCC4)C3c3ccncc3)CC2)cc1. The van der Waals surface area contributed by atoms with E-state index in [0.717, 1.165) is 12.6 Å². The van der Waals surface area contributed by atoms with E-state index in [2.05, 4.69) is 57.2 Å². The lowest BCUT2D eigenvalue weighted by atomic mass is 9.60. The van der Waals surface area contributed by atoms with E-state index in [1.165, 1.54) is 75.7 Å². The molecule has 0 N–H and O–H groups in total. The molecule has 0 amide bonds. The molecule has 28 heavy (non-hydrogen) atoms. The molecule has 3 heterocycles. The molecule has 0 radical (unpaired) electrons. The van der Waals surface area contributed by atoms with Crippen LogP contribution in [0.3, 0.4) is 0 Å². The standard InChI is InChI=1S/C25H33N3/c1-3-7-21(8-4-1)19-27-17-11-23(12-18-27)28-20-25(13-5-2-6-14-25)24(28)22-9-15-26-16-10-22/h1,3-4,7-10,15-16,23-24H,2,5-6,11-14,17-20H2. The minimum absolute atomic E-state index is 0.542. The fraction of sp³-hybridized carbons (Fsp3) is 0.560. The molecule has 5 rings (SSSR count). The van der Waals surface area contributed by atoms with E-state index in [1.807, 2.05) is 12.4 Å². The largest absolute Gasteiger partial charge is 0.299 e. The number of nitrogens with zero attached hydrogens (tertiary/aromatic N) is 3. The zero-order valence-electron chi connectivity index (χ0n) is 17.0. The first-order valence-corrected chi connectivity index (χ1v) is 11.3. The Hall–Kier alpha value is -1.71. The van der Waals surface area contributed by atoms with Gasteiger partial charge in [-0.25, -0.2) is 0 Å². The second-order valence-corrected chi connectivity index (χ2v) is 9.27. The van der Waals surface area contributed by atoms with Crippen LogP contribution in [0.5, 0.6) is 0 Å². The molecule has 148 valence electrons. The molecule has 2 saturated heterocycles. The molecule has 1 aromatic carbocycles. The average molecular weight is 376 g/mol. The molecule has 1 unspecified atom stereocenters. The predicted molar refractivity (Wildman–Crippen MR) is 114 cm³/mol. The van der Waals surface area contributed by atoms with Crippen LogP contribution >= 0.6 is 0 Å². The van der Waals surface area contributed by atoms with Gasteiger partial charge >= 0.3 is 0 Å². The van der Waals surface area contributed by atoms with E-state index in [1.54, 1.807) is 0 Å². The van der Waals surface area contributed by atoms with Crippen LogP contribution in [0.1, 0.15) is 62.1 Å². The molecule has 1 aliphatic carbocycles. The van der Waals surface area contributed by atoms with Crippen molar-refractivity contribution in [3.8, 4) is 0 Å². The van der Waals surface area contributed by atoms with Crippen LogP contribution < -0.4 is 0 Å². The molecular formula is C25H33N3. The Bertz CT molecular complexity index is 746. The molecule has 3 aliphatic rings. The minimum atomic E-state index is 0.542. The molecule has 1 spiro atoms. The number of rotatable bonds is 4. The van der Waals surface area contributed by atoms with Gasteiger partial charge in [0.25, 0.3) is 0 Å². The van der Waals surface area contributed by atoms with Gasteiger partial charge < -0.3 is 0 Å². The average Bonchev–Trinajstić information content (AvgIpc) is 2.75. The van der Waals surface area contributed by atoms with Gasteiger partial charge in [-0.2, -0.15) is 0 Å². The Morgan fingerprint density at radius 1 is 0.893 bits per heavy atom. The zero-order chi connectivity index (χ0) is 18.8. The lowest BCUT2D eigenvalue weighted by Crippen LogP contribution is -2.63. The summed E-state index contributed by atoms with van der Waals surface area (Å²) >= 11 is 0. The maximum atomic E-state index is 4.28. The maximum Gasteiger partial charge on any atom is 0.0420 e. The van der Waals surface area contributed by atoms with Crippen molar-refractivity contribution in [2.24, 2.45) is 5.41 Å². The Balaban J connectivity index is 1.26. The minimum Gasteiger partial charge on any atom is -0.299 e. The Labute approximate surface area is 169 Å². The molecular weight excluding hydrogens is 342 g/mol. The topological polar surface area (TPSA) is 19.4 Å². The quantitative estimate of drug-likeness (QED) is 0.745. The summed E-state index contributed by atoms with van der Waals surface area (Å²) in [6.07, 6.45) is 13.7. The normalized spacial score (nSPS) is 26.2. The van der Waals surface area contributed by atoms with Crippen molar-refractivity contribution < 1.29 is 0 Å². The van der Waals surface area contributed by atoms with Gasteiger partial charge in [-0.15, -0.1) is 0 Å². The second kappa shape index (κ2) is 7.96. The van der Waals surface area contributed by atoms with Gasteiger partial charge in [0.1, 0.15) is 0 Å². The van der Waals surface area contributed by atoms with Crippen LogP contribution in [0.2, 0.25) is 0 Å². The van der Waals surface area contributed by atoms with E-state index < -0.39 is 0 Å². The molecule has 2 aromatic rings. The maximum absolute atomic E-state index is 4.28. The van der Waals surface area contributed by atoms with Crippen molar-refractivity contribution in [1.82, 2.24) is 14.8 Å². The van der Waals surface area contributed by atoms with Crippen molar-refractivity contribution in [2.45, 2.75) is 63.6 Å². The molecule has 2 aliphatic heterocycles. The summed E-state index contributed by atoms with van der Waals surface area (Å²) in [5, 5.41) is 0. The number of hydrogen-bond donors (Lipinski definition) is 0. The Kier molecular flexibility index (Phi) is 5.21. The van der Waals surface area contributed by atoms with Crippen LogP contribution in [0.15, 0.2) is 54.9 Å². The molecule has 3 fully saturated rings. The van der Waals surface area contributed by atoms with Gasteiger partial charge in [0.2, 0.25) is 0 Å². The van der Waals surface area contributed by atoms with Crippen molar-refractivity contribution >= 4 is 0 Å². The van der Waals surface area contributed by atoms with Crippen molar-refractivity contribution in [2.75, 3.05) is 19.6 Å². The molecule has 0 bridgehead atoms. The fourth-order valence-electron chi connectivity index (χ4n) is 6.15. The van der Waals surface area contributed by atoms with Crippen LogP contribution in [0.25, 0.3) is 0 Å². The highest BCUT2D eigenvalue weighted by atomic mass is 15.3. The lowest BCUT2D eigenvalue weighted by Gasteiger charge is -2.63. The Morgan fingerprint density at radius 3 is 2.32 bits per heavy atom. The van der Waals surface area contributed by atoms with Crippen molar-refractivity contribution in [1.29, 1.82) is 0 Å². The first kappa shape index (κ1) is 18.3. The van der Waals surface area contributed by atoms with E-state index in [-0.39, 0.29) is 0 Å². The number of piperidine rings is 1. The predicted octanol–water partition coefficient (Wildman–Crippen LogP) is 5.05. The van der Waals surface area contributed by atoms with Crippen LogP contribution in [-0.4, -0.2) is 40.5 Å². The Morgan fingerprint density at radius 2 is 1.61 bits per heavy atom. The fourth-order valence-corrected chi connectivity index (χ4v) is 6.15. The third kappa shape index (κ3) is 3.51. The van der Waals surface area contributed by atoms with Gasteiger partial charge in [0, 0.05) is 43.0 Å². The van der Waals surface area contributed by atoms with Gasteiger partial charge in [0.05, 0.1) is 0 Å². The van der Waals surface area contributed by atoms with E-state index in [0.29, 0.717) is 11.5 Å². The third-order valence-corrected chi connectivity index (χ3v) is 7.56. The van der Waals surface area contributed by atoms with Crippen molar-refractivity contribution in [3.05, 3.63) is 66.0 Å². The highest BCUT2D eigenvalue weighted by Gasteiger charge is 2.54. The highest BCUT2D eigenvalue weighted by molar-refractivity contribution is 5.25. The summed E-state index contributed by atoms with van der Waals surface area (Å²) in [5.74, 6) is 0. The molecule has 3 nitrogen and oxygen atoms in total. The highest BCUT2D eigenvalue weighted by Crippen LogP contribution is 2.58. The van der Waals surface area contributed by atoms with Crippen molar-refractivity contribution in [3.63, 3.8) is 0 Å². The summed E-state index contributed by atoms with van der Waals surface area (Å²) in [6, 6.07) is 16.9. The summed E-state index contributed by atoms with van der Waals surface area (Å²) < 4.78 is 0. The second-order valence-electron chi connectivity index (χ2n) is 9.27. The summed E-state index contributed by atoms with van der Waals surface area (Å²) in [6.45, 7) is 4.88. The van der Waals surface area contributed by atoms with Gasteiger partial charge in [-0.3, -0.25) is 14.8 Å². The first-order valence-electron chi connectivity index (χ1n) is 11.3. The van der Waals surface area contributed by atoms with E-state index in [4.69, 9.17) is 0 Å². The summed E-state index contributed by atoms with van der Waals surface area (Å²) in [5.41, 5.74) is 3.50. The van der Waals surface area contributed by atoms with E-state index in [9.17, 15) is 0 Å². The third-order valence-electron chi connectivity index (χ3n) is 7.56. The molecule has 1 atom stereocenters. The monoisotopic (exact) mass is 375 g/mol. The number of likely N-dealkylation sites (tertiary alicyclic amines) is 2. The summed E-state index contributed by atoms with van der Waals surface area (Å²) in [7, 11) is 0. The van der Waals surface area contributed by atoms with Gasteiger partial charge in [0.15, 0.2) is 0 Å². The van der Waals surface area contributed by atoms with Crippen LogP contribution in [0.4, 0.5) is 0 Å². The zero-order valence-corrected chi connectivity index (χ0v) is 17.0. The number of hydrogen-bond acceptors (Lipinski definition) is 3. The number of pyridine rings is 1. The molecule has 1 saturated carbocycles. The first-order chi connectivity index (χ1) is 13.8. The number of benzene rings is 1. The smallest absolute Gasteiger partial charge is 0.0420 e. The summed E-state index contributed by atoms with van der Waals surface area (Å²) in [4.78, 5) is 9.79. The van der Waals surface area contributed by atoms with Crippen LogP contribution in [0, 0.1) is 5.41 Å². The number of aromatic nitrogens is 1. The van der Waals surface area contributed by atoms with E-state index >= 15 is 0 Å². The van der Waals surface area contributed by atoms with Gasteiger partial charge in [-0.05, 0) is 62.0 Å². The van der Waals surface area contributed by atoms with Gasteiger partial charge in [-0.1, -0.05) is 49.6 Å². The van der Waals surface area contributed by atoms with Crippen LogP contribution in [-0.2, 0) is 6.54 Å². The molecule has 1 aromatic heterocycles.